The molecule has 0 aromatic carbocycles. The summed E-state index contributed by atoms with van der Waals surface area (Å²) in [5.74, 6) is -0.0777. The van der Waals surface area contributed by atoms with Gasteiger partial charge in [0, 0.05) is 6.42 Å². The van der Waals surface area contributed by atoms with Crippen molar-refractivity contribution in [1.29, 1.82) is 0 Å². The lowest BCUT2D eigenvalue weighted by atomic mass is 10.0. The van der Waals surface area contributed by atoms with Crippen molar-refractivity contribution in [2.24, 2.45) is 0 Å². The summed E-state index contributed by atoms with van der Waals surface area (Å²) < 4.78 is 0. The van der Waals surface area contributed by atoms with Gasteiger partial charge in [0.05, 0.1) is 18.8 Å². The fourth-order valence-corrected chi connectivity index (χ4v) is 9.84. The molecule has 1 amide bonds. The van der Waals surface area contributed by atoms with Crippen molar-refractivity contribution in [1.82, 2.24) is 5.32 Å². The van der Waals surface area contributed by atoms with Crippen molar-refractivity contribution in [3.8, 4) is 0 Å². The van der Waals surface area contributed by atoms with Crippen LogP contribution in [-0.2, 0) is 4.79 Å². The number of amides is 1. The summed E-state index contributed by atoms with van der Waals surface area (Å²) in [6, 6.07) is -0.653. The molecule has 0 aliphatic rings. The number of aliphatic hydroxyl groups excluding tert-OH is 2. The van der Waals surface area contributed by atoms with Crippen LogP contribution in [0, 0.1) is 0 Å². The van der Waals surface area contributed by atoms with Gasteiger partial charge in [-0.2, -0.15) is 0 Å². The molecule has 0 saturated heterocycles. The molecule has 0 aliphatic carbocycles. The number of rotatable bonds is 61. The molecule has 3 N–H and O–H groups in total. The van der Waals surface area contributed by atoms with E-state index in [9.17, 15) is 15.0 Å². The second-order valence-electron chi connectivity index (χ2n) is 22.5. The average Bonchev–Trinajstić information content (AvgIpc) is 3.44. The van der Waals surface area contributed by atoms with Gasteiger partial charge in [-0.05, 0) is 103 Å². The van der Waals surface area contributed by atoms with E-state index in [0.717, 1.165) is 83.5 Å². The summed E-state index contributed by atoms with van der Waals surface area (Å²) in [6.07, 6.45) is 104. The third-order valence-electron chi connectivity index (χ3n) is 14.9. The van der Waals surface area contributed by atoms with Gasteiger partial charge in [-0.3, -0.25) is 4.79 Å². The number of aliphatic hydroxyl groups is 2. The minimum atomic E-state index is -0.877. The minimum absolute atomic E-state index is 0.0777. The molecule has 2 atom stereocenters. The van der Waals surface area contributed by atoms with Crippen LogP contribution in [0.25, 0.3) is 0 Å². The largest absolute Gasteiger partial charge is 0.394 e. The zero-order valence-electron chi connectivity index (χ0n) is 51.7. The maximum atomic E-state index is 12.5. The number of hydrogen-bond acceptors (Lipinski definition) is 3. The first kappa shape index (κ1) is 74.8. The number of carbonyl (C=O) groups is 1. The topological polar surface area (TPSA) is 69.6 Å². The summed E-state index contributed by atoms with van der Waals surface area (Å²) in [4.78, 5) is 12.5. The summed E-state index contributed by atoms with van der Waals surface area (Å²) in [5, 5.41) is 23.2. The molecule has 0 radical (unpaired) electrons. The van der Waals surface area contributed by atoms with E-state index in [1.807, 2.05) is 6.08 Å². The van der Waals surface area contributed by atoms with Crippen molar-refractivity contribution in [2.75, 3.05) is 6.61 Å². The van der Waals surface area contributed by atoms with Crippen molar-refractivity contribution in [2.45, 2.75) is 334 Å². The average molecular weight is 1080 g/mol. The molecule has 0 heterocycles. The molecule has 0 aromatic rings. The Labute approximate surface area is 486 Å². The molecular formula is C74H129NO3. The molecule has 0 spiro atoms. The smallest absolute Gasteiger partial charge is 0.220 e. The number of nitrogens with one attached hydrogen (secondary N) is 1. The lowest BCUT2D eigenvalue weighted by molar-refractivity contribution is -0.123. The monoisotopic (exact) mass is 1080 g/mol. The van der Waals surface area contributed by atoms with Crippen LogP contribution in [0.3, 0.4) is 0 Å². The molecular weight excluding hydrogens is 951 g/mol. The fraction of sp³-hybridized carbons (Fsp3) is 0.716. The van der Waals surface area contributed by atoms with E-state index >= 15 is 0 Å². The van der Waals surface area contributed by atoms with Gasteiger partial charge in [0.1, 0.15) is 0 Å². The summed E-state index contributed by atoms with van der Waals surface area (Å²) in [6.45, 7) is 4.20. The van der Waals surface area contributed by atoms with Crippen molar-refractivity contribution in [3.63, 3.8) is 0 Å². The van der Waals surface area contributed by atoms with Gasteiger partial charge in [-0.25, -0.2) is 0 Å². The maximum absolute atomic E-state index is 12.5. The molecule has 0 bridgehead atoms. The van der Waals surface area contributed by atoms with Gasteiger partial charge in [0.2, 0.25) is 5.91 Å². The molecule has 448 valence electrons. The number of allylic oxidation sites excluding steroid dienone is 19. The van der Waals surface area contributed by atoms with Crippen LogP contribution in [0.4, 0.5) is 0 Å². The van der Waals surface area contributed by atoms with Crippen LogP contribution in [0.5, 0.6) is 0 Å². The Morgan fingerprint density at radius 1 is 0.321 bits per heavy atom. The lowest BCUT2D eigenvalue weighted by Gasteiger charge is -2.19. The Hall–Kier alpha value is -3.21. The van der Waals surface area contributed by atoms with Crippen LogP contribution in [0.15, 0.2) is 122 Å². The number of unbranched alkanes of at least 4 members (excludes halogenated alkanes) is 36. The number of hydrogen-bond donors (Lipinski definition) is 3. The van der Waals surface area contributed by atoms with E-state index in [0.29, 0.717) is 6.42 Å². The Morgan fingerprint density at radius 2 is 0.577 bits per heavy atom. The molecule has 0 saturated carbocycles. The zero-order chi connectivity index (χ0) is 56.2. The van der Waals surface area contributed by atoms with Gasteiger partial charge in [-0.15, -0.1) is 0 Å². The molecule has 0 aromatic heterocycles. The van der Waals surface area contributed by atoms with Gasteiger partial charge >= 0.3 is 0 Å². The van der Waals surface area contributed by atoms with Crippen molar-refractivity contribution >= 4 is 5.91 Å². The van der Waals surface area contributed by atoms with E-state index < -0.39 is 12.1 Å². The summed E-state index contributed by atoms with van der Waals surface area (Å²) in [7, 11) is 0. The van der Waals surface area contributed by atoms with Crippen LogP contribution < -0.4 is 5.32 Å². The first-order valence-electron chi connectivity index (χ1n) is 33.7. The molecule has 0 rings (SSSR count). The molecule has 4 nitrogen and oxygen atoms in total. The van der Waals surface area contributed by atoms with Gasteiger partial charge < -0.3 is 15.5 Å². The first-order valence-corrected chi connectivity index (χ1v) is 33.7. The normalized spacial score (nSPS) is 13.5. The molecule has 0 fully saturated rings. The van der Waals surface area contributed by atoms with Crippen LogP contribution in [0.2, 0.25) is 0 Å². The highest BCUT2D eigenvalue weighted by Crippen LogP contribution is 2.17. The summed E-state index contributed by atoms with van der Waals surface area (Å²) >= 11 is 0. The predicted octanol–water partition coefficient (Wildman–Crippen LogP) is 23.2. The molecule has 78 heavy (non-hydrogen) atoms. The van der Waals surface area contributed by atoms with Gasteiger partial charge in [-0.1, -0.05) is 334 Å². The summed E-state index contributed by atoms with van der Waals surface area (Å²) in [5.41, 5.74) is 0. The van der Waals surface area contributed by atoms with Crippen LogP contribution >= 0.6 is 0 Å². The van der Waals surface area contributed by atoms with E-state index in [1.165, 1.54) is 218 Å². The molecule has 2 unspecified atom stereocenters. The SMILES string of the molecule is CC/C=C\C/C=C\C/C=C\C/C=C\C/C=C\C/C=C\C/C=C\CCCCCCCCCCCCCCCCCCCC(=O)NC(CO)C(O)/C=C/CC/C=C/CC/C=C/CCCCCCCCCCCCCCCCCCC. The Bertz CT molecular complexity index is 1510. The van der Waals surface area contributed by atoms with Gasteiger partial charge in [0.25, 0.3) is 0 Å². The van der Waals surface area contributed by atoms with E-state index in [1.54, 1.807) is 6.08 Å². The Morgan fingerprint density at radius 3 is 0.897 bits per heavy atom. The molecule has 0 aliphatic heterocycles. The van der Waals surface area contributed by atoms with E-state index in [-0.39, 0.29) is 12.5 Å². The minimum Gasteiger partial charge on any atom is -0.394 e. The Kier molecular flexibility index (Phi) is 65.3. The highest BCUT2D eigenvalue weighted by molar-refractivity contribution is 5.76. The fourth-order valence-electron chi connectivity index (χ4n) is 9.84. The number of carbonyl (C=O) groups excluding carboxylic acids is 1. The third-order valence-corrected chi connectivity index (χ3v) is 14.9. The van der Waals surface area contributed by atoms with Crippen LogP contribution in [0.1, 0.15) is 322 Å². The van der Waals surface area contributed by atoms with Crippen molar-refractivity contribution in [3.05, 3.63) is 122 Å². The second kappa shape index (κ2) is 68.1. The van der Waals surface area contributed by atoms with Crippen molar-refractivity contribution < 1.29 is 15.0 Å². The Balaban J connectivity index is 3.54. The lowest BCUT2D eigenvalue weighted by Crippen LogP contribution is -2.45. The predicted molar refractivity (Wildman–Crippen MR) is 349 cm³/mol. The molecule has 4 heteroatoms. The highest BCUT2D eigenvalue weighted by Gasteiger charge is 2.18. The highest BCUT2D eigenvalue weighted by atomic mass is 16.3. The van der Waals surface area contributed by atoms with Crippen LogP contribution in [-0.4, -0.2) is 34.9 Å². The maximum Gasteiger partial charge on any atom is 0.220 e. The van der Waals surface area contributed by atoms with E-state index in [2.05, 4.69) is 129 Å². The second-order valence-corrected chi connectivity index (χ2v) is 22.5. The van der Waals surface area contributed by atoms with E-state index in [4.69, 9.17) is 0 Å². The standard InChI is InChI=1S/C74H129NO3/c1-3-5-7-9-11-13-15-17-19-21-23-25-27-29-31-32-33-34-35-36-37-38-39-40-41-42-44-46-48-50-52-54-56-58-60-62-64-66-68-70-74(78)75-72(71-76)73(77)69-67-65-63-61-59-57-55-53-51-49-47-45-43-30-28-26-24-22-20-18-16-14-12-10-8-6-4-2/h5,7,11,13,17,19,23,25,29,31,33-34,36-37,51,53,59,61,67,69,72-73,76-77H,3-4,6,8-10,12,14-16,18,20-22,24,26-28,30,32,35,38-50,52,54-58,60,62-66,68,70-71H2,1-2H3,(H,75,78)/b7-5-,13-11-,19-17-,25-23-,31-29-,34-33-,37-36-,53-51+,61-59+,69-67+. The van der Waals surface area contributed by atoms with Gasteiger partial charge in [0.15, 0.2) is 0 Å². The zero-order valence-corrected chi connectivity index (χ0v) is 51.7. The third kappa shape index (κ3) is 63.6. The quantitative estimate of drug-likeness (QED) is 0.0420. The first-order chi connectivity index (χ1) is 38.7.